The number of hydrogen-bond donors (Lipinski definition) is 1. The van der Waals surface area contributed by atoms with Gasteiger partial charge in [0.25, 0.3) is 0 Å². The Morgan fingerprint density at radius 3 is 2.84 bits per heavy atom. The Morgan fingerprint density at radius 2 is 2.21 bits per heavy atom. The van der Waals surface area contributed by atoms with E-state index in [4.69, 9.17) is 11.6 Å². The summed E-state index contributed by atoms with van der Waals surface area (Å²) in [4.78, 5) is 15.3. The van der Waals surface area contributed by atoms with Crippen LogP contribution >= 0.6 is 22.9 Å². The van der Waals surface area contributed by atoms with Crippen molar-refractivity contribution in [3.05, 3.63) is 21.3 Å². The van der Waals surface area contributed by atoms with Crippen LogP contribution in [0, 0.1) is 5.92 Å². The van der Waals surface area contributed by atoms with Gasteiger partial charge in [-0.15, -0.1) is 11.3 Å². The average Bonchev–Trinajstić information content (AvgIpc) is 2.98. The maximum atomic E-state index is 12.4. The van der Waals surface area contributed by atoms with Crippen LogP contribution in [0.4, 0.5) is 0 Å². The smallest absolute Gasteiger partial charge is 0.239 e. The fourth-order valence-corrected chi connectivity index (χ4v) is 3.99. The number of carbonyl (C=O) groups is 1. The minimum Gasteiger partial charge on any atom is -0.339 e. The summed E-state index contributed by atoms with van der Waals surface area (Å²) in [6.07, 6.45) is 4.81. The Kier molecular flexibility index (Phi) is 3.83. The third-order valence-electron chi connectivity index (χ3n) is 4.07. The molecule has 1 amide bonds. The largest absolute Gasteiger partial charge is 0.339 e. The number of likely N-dealkylation sites (N-methyl/N-ethyl adjacent to an activating group) is 1. The van der Waals surface area contributed by atoms with Crippen LogP contribution in [0.1, 0.15) is 30.6 Å². The minimum absolute atomic E-state index is 0.0195. The summed E-state index contributed by atoms with van der Waals surface area (Å²) in [5.74, 6) is 1.05. The zero-order chi connectivity index (χ0) is 13.4. The molecule has 0 aromatic carbocycles. The number of carbonyl (C=O) groups excluding carboxylic acids is 1. The molecule has 104 valence electrons. The van der Waals surface area contributed by atoms with Crippen molar-refractivity contribution < 1.29 is 4.79 Å². The molecular formula is C14H19ClN2OS. The van der Waals surface area contributed by atoms with Crippen molar-refractivity contribution in [2.75, 3.05) is 7.05 Å². The molecule has 1 aromatic rings. The first-order valence-electron chi connectivity index (χ1n) is 6.88. The van der Waals surface area contributed by atoms with Crippen molar-refractivity contribution in [1.82, 2.24) is 10.2 Å². The first-order valence-corrected chi connectivity index (χ1v) is 8.08. The van der Waals surface area contributed by atoms with E-state index < -0.39 is 0 Å². The SMILES string of the molecule is CN(Cc1ccc(Cl)s1)C(=O)C1CCC(C2CC2)N1. The fourth-order valence-electron chi connectivity index (χ4n) is 2.85. The van der Waals surface area contributed by atoms with Gasteiger partial charge in [0.2, 0.25) is 5.91 Å². The van der Waals surface area contributed by atoms with E-state index in [1.807, 2.05) is 24.1 Å². The van der Waals surface area contributed by atoms with E-state index in [1.165, 1.54) is 12.8 Å². The molecule has 1 aliphatic heterocycles. The minimum atomic E-state index is 0.0195. The van der Waals surface area contributed by atoms with Crippen LogP contribution < -0.4 is 5.32 Å². The second-order valence-corrected chi connectivity index (χ2v) is 7.44. The lowest BCUT2D eigenvalue weighted by molar-refractivity contribution is -0.132. The van der Waals surface area contributed by atoms with Crippen LogP contribution in [0.5, 0.6) is 0 Å². The normalized spacial score (nSPS) is 26.6. The fraction of sp³-hybridized carbons (Fsp3) is 0.643. The lowest BCUT2D eigenvalue weighted by Crippen LogP contribution is -2.43. The zero-order valence-corrected chi connectivity index (χ0v) is 12.6. The molecule has 2 unspecified atom stereocenters. The van der Waals surface area contributed by atoms with E-state index in [0.717, 1.165) is 28.0 Å². The van der Waals surface area contributed by atoms with E-state index in [-0.39, 0.29) is 11.9 Å². The van der Waals surface area contributed by atoms with Crippen molar-refractivity contribution in [2.45, 2.75) is 44.3 Å². The van der Waals surface area contributed by atoms with E-state index in [1.54, 1.807) is 11.3 Å². The van der Waals surface area contributed by atoms with Crippen LogP contribution in [-0.4, -0.2) is 29.9 Å². The van der Waals surface area contributed by atoms with Crippen LogP contribution in [0.2, 0.25) is 4.34 Å². The predicted molar refractivity (Wildman–Crippen MR) is 78.5 cm³/mol. The lowest BCUT2D eigenvalue weighted by Gasteiger charge is -2.21. The molecule has 1 saturated carbocycles. The Bertz CT molecular complexity index is 472. The van der Waals surface area contributed by atoms with Crippen molar-refractivity contribution in [2.24, 2.45) is 5.92 Å². The quantitative estimate of drug-likeness (QED) is 0.927. The van der Waals surface area contributed by atoms with Crippen LogP contribution in [-0.2, 0) is 11.3 Å². The molecule has 19 heavy (non-hydrogen) atoms. The summed E-state index contributed by atoms with van der Waals surface area (Å²) in [7, 11) is 1.88. The number of nitrogens with one attached hydrogen (secondary N) is 1. The molecule has 2 heterocycles. The summed E-state index contributed by atoms with van der Waals surface area (Å²) >= 11 is 7.46. The third-order valence-corrected chi connectivity index (χ3v) is 5.28. The zero-order valence-electron chi connectivity index (χ0n) is 11.1. The van der Waals surface area contributed by atoms with E-state index >= 15 is 0 Å². The van der Waals surface area contributed by atoms with Crippen LogP contribution in [0.25, 0.3) is 0 Å². The Hall–Kier alpha value is -0.580. The second kappa shape index (κ2) is 5.43. The van der Waals surface area contributed by atoms with Gasteiger partial charge in [0.1, 0.15) is 0 Å². The third kappa shape index (κ3) is 3.12. The molecule has 0 spiro atoms. The van der Waals surface area contributed by atoms with E-state index in [9.17, 15) is 4.79 Å². The summed E-state index contributed by atoms with van der Waals surface area (Å²) in [6, 6.07) is 4.48. The Morgan fingerprint density at radius 1 is 1.42 bits per heavy atom. The highest BCUT2D eigenvalue weighted by Crippen LogP contribution is 2.37. The number of hydrogen-bond acceptors (Lipinski definition) is 3. The second-order valence-electron chi connectivity index (χ2n) is 5.64. The maximum absolute atomic E-state index is 12.4. The molecule has 0 bridgehead atoms. The average molecular weight is 299 g/mol. The monoisotopic (exact) mass is 298 g/mol. The van der Waals surface area contributed by atoms with Crippen molar-refractivity contribution in [3.63, 3.8) is 0 Å². The topological polar surface area (TPSA) is 32.3 Å². The predicted octanol–water partition coefficient (Wildman–Crippen LogP) is 2.89. The first kappa shape index (κ1) is 13.4. The highest BCUT2D eigenvalue weighted by molar-refractivity contribution is 7.16. The molecule has 3 nitrogen and oxygen atoms in total. The molecule has 2 aliphatic rings. The van der Waals surface area contributed by atoms with Crippen LogP contribution in [0.15, 0.2) is 12.1 Å². The summed E-state index contributed by atoms with van der Waals surface area (Å²) in [5.41, 5.74) is 0. The van der Waals surface area contributed by atoms with Gasteiger partial charge < -0.3 is 10.2 Å². The van der Waals surface area contributed by atoms with Gasteiger partial charge in [-0.05, 0) is 43.7 Å². The molecule has 3 rings (SSSR count). The maximum Gasteiger partial charge on any atom is 0.239 e. The number of amides is 1. The van der Waals surface area contributed by atoms with Gasteiger partial charge >= 0.3 is 0 Å². The molecule has 0 radical (unpaired) electrons. The van der Waals surface area contributed by atoms with Gasteiger partial charge in [-0.1, -0.05) is 11.6 Å². The van der Waals surface area contributed by atoms with E-state index in [0.29, 0.717) is 12.6 Å². The molecule has 1 saturated heterocycles. The Balaban J connectivity index is 1.54. The summed E-state index contributed by atoms with van der Waals surface area (Å²) in [5, 5.41) is 3.51. The number of rotatable bonds is 4. The van der Waals surface area contributed by atoms with Gasteiger partial charge in [0, 0.05) is 18.0 Å². The van der Waals surface area contributed by atoms with Gasteiger partial charge in [-0.3, -0.25) is 4.79 Å². The molecule has 1 aliphatic carbocycles. The standard InChI is InChI=1S/C14H19ClN2OS/c1-17(8-10-4-7-13(15)19-10)14(18)12-6-5-11(16-12)9-2-3-9/h4,7,9,11-12,16H,2-3,5-6,8H2,1H3. The first-order chi connectivity index (χ1) is 9.13. The van der Waals surface area contributed by atoms with Gasteiger partial charge in [0.05, 0.1) is 16.9 Å². The van der Waals surface area contributed by atoms with E-state index in [2.05, 4.69) is 5.32 Å². The molecular weight excluding hydrogens is 280 g/mol. The number of nitrogens with zero attached hydrogens (tertiary/aromatic N) is 1. The summed E-state index contributed by atoms with van der Waals surface area (Å²) < 4.78 is 0.781. The van der Waals surface area contributed by atoms with Crippen molar-refractivity contribution in [3.8, 4) is 0 Å². The Labute approximate surface area is 122 Å². The lowest BCUT2D eigenvalue weighted by atomic mass is 10.1. The summed E-state index contributed by atoms with van der Waals surface area (Å²) in [6.45, 7) is 0.655. The molecule has 2 atom stereocenters. The van der Waals surface area contributed by atoms with Crippen molar-refractivity contribution >= 4 is 28.8 Å². The van der Waals surface area contributed by atoms with Gasteiger partial charge in [-0.2, -0.15) is 0 Å². The molecule has 2 fully saturated rings. The highest BCUT2D eigenvalue weighted by atomic mass is 35.5. The highest BCUT2D eigenvalue weighted by Gasteiger charge is 2.39. The molecule has 5 heteroatoms. The van der Waals surface area contributed by atoms with Crippen molar-refractivity contribution in [1.29, 1.82) is 0 Å². The number of thiophene rings is 1. The van der Waals surface area contributed by atoms with Gasteiger partial charge in [0.15, 0.2) is 0 Å². The van der Waals surface area contributed by atoms with Crippen LogP contribution in [0.3, 0.4) is 0 Å². The molecule has 1 aromatic heterocycles. The number of halogens is 1. The molecule has 1 N–H and O–H groups in total. The van der Waals surface area contributed by atoms with Gasteiger partial charge in [-0.25, -0.2) is 0 Å².